The highest BCUT2D eigenvalue weighted by molar-refractivity contribution is 6.11. The van der Waals surface area contributed by atoms with E-state index in [-0.39, 0.29) is 47.2 Å². The molecule has 10 nitrogen and oxygen atoms in total. The second-order valence-corrected chi connectivity index (χ2v) is 16.6. The van der Waals surface area contributed by atoms with Crippen molar-refractivity contribution in [3.63, 3.8) is 0 Å². The molecule has 4 aliphatic rings. The normalized spacial score (nSPS) is 17.5. The van der Waals surface area contributed by atoms with Gasteiger partial charge in [-0.05, 0) is 108 Å². The predicted octanol–water partition coefficient (Wildman–Crippen LogP) is 9.85. The fourth-order valence-electron chi connectivity index (χ4n) is 9.34. The summed E-state index contributed by atoms with van der Waals surface area (Å²) in [5.74, 6) is 1.84. The van der Waals surface area contributed by atoms with Gasteiger partial charge in [-0.25, -0.2) is 0 Å². The maximum Gasteiger partial charge on any atom is 0.416 e. The Morgan fingerprint density at radius 2 is 0.952 bits per heavy atom. The fourth-order valence-corrected chi connectivity index (χ4v) is 9.34. The average Bonchev–Trinajstić information content (AvgIpc) is 3.99. The van der Waals surface area contributed by atoms with Crippen LogP contribution in [0.3, 0.4) is 0 Å². The first-order valence-electron chi connectivity index (χ1n) is 20.6. The number of alkyl halides is 6. The molecule has 0 N–H and O–H groups in total. The van der Waals surface area contributed by atoms with E-state index in [0.29, 0.717) is 23.2 Å². The minimum Gasteiger partial charge on any atom is -0.320 e. The number of amides is 2. The Morgan fingerprint density at radius 3 is 1.27 bits per heavy atom. The number of hydrogen-bond acceptors (Lipinski definition) is 6. The SMILES string of the molecule is Cn1cnnc1[C@@H](c1cccc(N2Cc3c(cccc3C(F)(F)F)C2=O)c1)C1CCC1.Cn1cnnc1[C@H](c1cccc(N2Cc3c(cccc3C(F)(F)F)C2=O)c1)C1CCC1. The van der Waals surface area contributed by atoms with Crippen molar-refractivity contribution in [1.29, 1.82) is 0 Å². The van der Waals surface area contributed by atoms with Crippen molar-refractivity contribution in [2.45, 2.75) is 75.8 Å². The van der Waals surface area contributed by atoms with Gasteiger partial charge in [0.2, 0.25) is 0 Å². The van der Waals surface area contributed by atoms with Crippen molar-refractivity contribution in [1.82, 2.24) is 29.5 Å². The molecule has 10 rings (SSSR count). The lowest BCUT2D eigenvalue weighted by Crippen LogP contribution is -2.25. The summed E-state index contributed by atoms with van der Waals surface area (Å²) in [5.41, 5.74) is 2.00. The van der Waals surface area contributed by atoms with Crippen molar-refractivity contribution in [3.05, 3.63) is 154 Å². The van der Waals surface area contributed by atoms with Crippen molar-refractivity contribution in [2.75, 3.05) is 9.80 Å². The molecule has 2 saturated carbocycles. The van der Waals surface area contributed by atoms with Gasteiger partial charge in [-0.1, -0.05) is 49.2 Å². The highest BCUT2D eigenvalue weighted by Crippen LogP contribution is 2.46. The van der Waals surface area contributed by atoms with Crippen LogP contribution in [-0.2, 0) is 39.5 Å². The Morgan fingerprint density at radius 1 is 0.565 bits per heavy atom. The van der Waals surface area contributed by atoms with Gasteiger partial charge in [0, 0.05) is 48.4 Å². The van der Waals surface area contributed by atoms with E-state index in [4.69, 9.17) is 0 Å². The zero-order valence-corrected chi connectivity index (χ0v) is 33.9. The quantitative estimate of drug-likeness (QED) is 0.141. The van der Waals surface area contributed by atoms with Crippen LogP contribution in [0.1, 0.15) is 116 Å². The van der Waals surface area contributed by atoms with E-state index < -0.39 is 35.3 Å². The van der Waals surface area contributed by atoms with Crippen LogP contribution < -0.4 is 9.80 Å². The van der Waals surface area contributed by atoms with Gasteiger partial charge in [0.25, 0.3) is 11.8 Å². The van der Waals surface area contributed by atoms with Crippen LogP contribution in [0.25, 0.3) is 0 Å². The monoisotopic (exact) mass is 852 g/mol. The molecule has 2 fully saturated rings. The molecule has 2 amide bonds. The average molecular weight is 853 g/mol. The van der Waals surface area contributed by atoms with E-state index in [1.54, 1.807) is 24.8 Å². The highest BCUT2D eigenvalue weighted by Gasteiger charge is 2.42. The van der Waals surface area contributed by atoms with Gasteiger partial charge in [0.1, 0.15) is 24.3 Å². The van der Waals surface area contributed by atoms with Crippen molar-refractivity contribution < 1.29 is 35.9 Å². The molecule has 0 spiro atoms. The molecule has 6 aromatic rings. The number of hydrogen-bond donors (Lipinski definition) is 0. The minimum absolute atomic E-state index is 0.0343. The predicted molar refractivity (Wildman–Crippen MR) is 217 cm³/mol. The van der Waals surface area contributed by atoms with E-state index in [1.807, 2.05) is 59.6 Å². The largest absolute Gasteiger partial charge is 0.416 e. The van der Waals surface area contributed by atoms with Gasteiger partial charge in [-0.15, -0.1) is 20.4 Å². The summed E-state index contributed by atoms with van der Waals surface area (Å²) >= 11 is 0. The first-order valence-corrected chi connectivity index (χ1v) is 20.6. The fraction of sp³-hybridized carbons (Fsp3) is 0.348. The number of carbonyl (C=O) groups is 2. The van der Waals surface area contributed by atoms with Crippen LogP contribution >= 0.6 is 0 Å². The third kappa shape index (κ3) is 7.42. The second-order valence-electron chi connectivity index (χ2n) is 16.6. The molecule has 2 atom stereocenters. The lowest BCUT2D eigenvalue weighted by molar-refractivity contribution is -0.139. The molecule has 4 heterocycles. The standard InChI is InChI=1S/2C23H21F3N4O/c2*1-29-13-27-28-21(29)20(14-5-2-6-14)15-7-3-8-16(11-15)30-12-18-17(22(30)31)9-4-10-19(18)23(24,25)26/h2*3-4,7-11,13-14,20H,2,5-6,12H2,1H3/t2*20-/m10/s1. The van der Waals surface area contributed by atoms with Gasteiger partial charge in [0.05, 0.1) is 24.2 Å². The van der Waals surface area contributed by atoms with E-state index in [0.717, 1.165) is 60.6 Å². The summed E-state index contributed by atoms with van der Waals surface area (Å²) in [5, 5.41) is 16.7. The molecule has 0 saturated heterocycles. The molecule has 2 aromatic heterocycles. The van der Waals surface area contributed by atoms with Crippen LogP contribution in [-0.4, -0.2) is 41.3 Å². The number of benzene rings is 4. The van der Waals surface area contributed by atoms with Crippen LogP contribution in [0.4, 0.5) is 37.7 Å². The number of nitrogens with zero attached hydrogens (tertiary/aromatic N) is 8. The molecule has 0 radical (unpaired) electrons. The number of anilines is 2. The zero-order valence-electron chi connectivity index (χ0n) is 33.9. The second kappa shape index (κ2) is 15.9. The summed E-state index contributed by atoms with van der Waals surface area (Å²) < 4.78 is 84.5. The Kier molecular flexibility index (Phi) is 10.5. The van der Waals surface area contributed by atoms with E-state index in [9.17, 15) is 35.9 Å². The molecule has 2 aliphatic carbocycles. The molecular formula is C46H42F6N8O2. The Balaban J connectivity index is 0.000000158. The van der Waals surface area contributed by atoms with Gasteiger partial charge < -0.3 is 18.9 Å². The van der Waals surface area contributed by atoms with Gasteiger partial charge >= 0.3 is 12.4 Å². The number of carbonyl (C=O) groups excluding carboxylic acids is 2. The van der Waals surface area contributed by atoms with Gasteiger partial charge in [-0.2, -0.15) is 26.3 Å². The number of rotatable bonds is 8. The Labute approximate surface area is 353 Å². The summed E-state index contributed by atoms with van der Waals surface area (Å²) in [7, 11) is 3.81. The third-order valence-electron chi connectivity index (χ3n) is 12.9. The van der Waals surface area contributed by atoms with Crippen LogP contribution in [0.15, 0.2) is 97.6 Å². The molecule has 320 valence electrons. The summed E-state index contributed by atoms with van der Waals surface area (Å²) in [4.78, 5) is 28.8. The Bertz CT molecular complexity index is 2480. The van der Waals surface area contributed by atoms with Crippen LogP contribution in [0.2, 0.25) is 0 Å². The first-order chi connectivity index (χ1) is 29.7. The number of aryl methyl sites for hydroxylation is 2. The minimum atomic E-state index is -4.50. The third-order valence-corrected chi connectivity index (χ3v) is 12.9. The summed E-state index contributed by atoms with van der Waals surface area (Å²) in [6.07, 6.45) is 1.03. The topological polar surface area (TPSA) is 102 Å². The first kappa shape index (κ1) is 41.1. The molecule has 0 bridgehead atoms. The smallest absolute Gasteiger partial charge is 0.320 e. The zero-order chi connectivity index (χ0) is 43.5. The summed E-state index contributed by atoms with van der Waals surface area (Å²) in [6, 6.07) is 22.7. The van der Waals surface area contributed by atoms with E-state index >= 15 is 0 Å². The lowest BCUT2D eigenvalue weighted by atomic mass is 9.72. The highest BCUT2D eigenvalue weighted by atomic mass is 19.4. The van der Waals surface area contributed by atoms with E-state index in [2.05, 4.69) is 20.4 Å². The maximum atomic E-state index is 13.5. The van der Waals surface area contributed by atoms with Crippen LogP contribution in [0, 0.1) is 11.8 Å². The molecule has 62 heavy (non-hydrogen) atoms. The summed E-state index contributed by atoms with van der Waals surface area (Å²) in [6.45, 7) is -0.184. The van der Waals surface area contributed by atoms with Crippen LogP contribution in [0.5, 0.6) is 0 Å². The molecule has 16 heteroatoms. The molecule has 4 aromatic carbocycles. The number of halogens is 6. The van der Waals surface area contributed by atoms with Gasteiger partial charge in [-0.3, -0.25) is 9.59 Å². The van der Waals surface area contributed by atoms with Gasteiger partial charge in [0.15, 0.2) is 0 Å². The molecular weight excluding hydrogens is 811 g/mol. The van der Waals surface area contributed by atoms with Crippen molar-refractivity contribution in [2.24, 2.45) is 25.9 Å². The number of aromatic nitrogens is 6. The van der Waals surface area contributed by atoms with Crippen molar-refractivity contribution >= 4 is 23.2 Å². The van der Waals surface area contributed by atoms with E-state index in [1.165, 1.54) is 46.9 Å². The molecule has 0 unspecified atom stereocenters. The van der Waals surface area contributed by atoms with Crippen molar-refractivity contribution in [3.8, 4) is 0 Å². The Hall–Kier alpha value is -6.32. The lowest BCUT2D eigenvalue weighted by Gasteiger charge is -2.33. The number of fused-ring (bicyclic) bond motifs is 2. The maximum absolute atomic E-state index is 13.5. The molecule has 2 aliphatic heterocycles.